The van der Waals surface area contributed by atoms with Gasteiger partial charge in [-0.3, -0.25) is 4.79 Å². The van der Waals surface area contributed by atoms with E-state index >= 15 is 0 Å². The number of amides is 1. The van der Waals surface area contributed by atoms with Gasteiger partial charge in [0.25, 0.3) is 0 Å². The molecule has 0 radical (unpaired) electrons. The van der Waals surface area contributed by atoms with Crippen molar-refractivity contribution in [3.63, 3.8) is 0 Å². The van der Waals surface area contributed by atoms with Crippen LogP contribution in [0.25, 0.3) is 0 Å². The Kier molecular flexibility index (Phi) is 6.15. The number of halogens is 2. The van der Waals surface area contributed by atoms with Gasteiger partial charge in [0.1, 0.15) is 0 Å². The van der Waals surface area contributed by atoms with Gasteiger partial charge >= 0.3 is 0 Å². The molecule has 1 aromatic rings. The van der Waals surface area contributed by atoms with Gasteiger partial charge < -0.3 is 5.32 Å². The van der Waals surface area contributed by atoms with Crippen LogP contribution < -0.4 is 5.32 Å². The smallest absolute Gasteiger partial charge is 0.224 e. The molecule has 0 aliphatic carbocycles. The molecule has 1 amide bonds. The van der Waals surface area contributed by atoms with Crippen molar-refractivity contribution in [2.75, 3.05) is 5.88 Å². The lowest BCUT2D eigenvalue weighted by atomic mass is 9.85. The molecule has 0 fully saturated rings. The lowest BCUT2D eigenvalue weighted by Gasteiger charge is -2.31. The van der Waals surface area contributed by atoms with Crippen molar-refractivity contribution in [2.45, 2.75) is 39.7 Å². The third-order valence-corrected chi connectivity index (χ3v) is 3.53. The number of alkyl halides is 1. The second-order valence-electron chi connectivity index (χ2n) is 5.77. The predicted octanol–water partition coefficient (Wildman–Crippen LogP) is 4.04. The monoisotopic (exact) mass is 301 g/mol. The van der Waals surface area contributed by atoms with Crippen molar-refractivity contribution in [3.05, 3.63) is 34.9 Å². The zero-order chi connectivity index (χ0) is 14.5. The van der Waals surface area contributed by atoms with Gasteiger partial charge in [0.2, 0.25) is 5.91 Å². The van der Waals surface area contributed by atoms with Gasteiger partial charge in [0.15, 0.2) is 0 Å². The molecular formula is C15H21Cl2NO. The van der Waals surface area contributed by atoms with Crippen LogP contribution in [0, 0.1) is 5.41 Å². The fraction of sp³-hybridized carbons (Fsp3) is 0.533. The number of hydrogen-bond donors (Lipinski definition) is 1. The second kappa shape index (κ2) is 7.16. The highest BCUT2D eigenvalue weighted by Crippen LogP contribution is 2.22. The van der Waals surface area contributed by atoms with Crippen LogP contribution in [0.15, 0.2) is 24.3 Å². The highest BCUT2D eigenvalue weighted by atomic mass is 35.5. The van der Waals surface area contributed by atoms with E-state index in [0.717, 1.165) is 12.0 Å². The van der Waals surface area contributed by atoms with Crippen molar-refractivity contribution in [1.82, 2.24) is 5.32 Å². The van der Waals surface area contributed by atoms with Crippen LogP contribution in [0.3, 0.4) is 0 Å². The zero-order valence-electron chi connectivity index (χ0n) is 11.7. The molecule has 4 heteroatoms. The summed E-state index contributed by atoms with van der Waals surface area (Å²) in [7, 11) is 0. The minimum Gasteiger partial charge on any atom is -0.353 e. The average molecular weight is 302 g/mol. The normalized spacial score (nSPS) is 13.1. The molecule has 19 heavy (non-hydrogen) atoms. The maximum Gasteiger partial charge on any atom is 0.224 e. The summed E-state index contributed by atoms with van der Waals surface area (Å²) in [5.74, 6) is 0.566. The average Bonchev–Trinajstić information content (AvgIpc) is 2.30. The summed E-state index contributed by atoms with van der Waals surface area (Å²) in [6.45, 7) is 6.31. The van der Waals surface area contributed by atoms with E-state index in [-0.39, 0.29) is 17.4 Å². The van der Waals surface area contributed by atoms with E-state index in [1.54, 1.807) is 12.1 Å². The first-order chi connectivity index (χ1) is 8.82. The lowest BCUT2D eigenvalue weighted by molar-refractivity contribution is -0.121. The first kappa shape index (κ1) is 16.3. The van der Waals surface area contributed by atoms with Gasteiger partial charge in [-0.05, 0) is 29.5 Å². The van der Waals surface area contributed by atoms with Gasteiger partial charge in [-0.2, -0.15) is 0 Å². The predicted molar refractivity (Wildman–Crippen MR) is 81.9 cm³/mol. The van der Waals surface area contributed by atoms with Crippen molar-refractivity contribution in [1.29, 1.82) is 0 Å². The summed E-state index contributed by atoms with van der Waals surface area (Å²) < 4.78 is 0. The molecule has 1 unspecified atom stereocenters. The number of carbonyl (C=O) groups is 1. The number of nitrogens with one attached hydrogen (secondary N) is 1. The Labute approximate surface area is 125 Å². The van der Waals surface area contributed by atoms with Crippen LogP contribution in [0.1, 0.15) is 32.8 Å². The van der Waals surface area contributed by atoms with Crippen LogP contribution in [0.2, 0.25) is 5.02 Å². The fourth-order valence-electron chi connectivity index (χ4n) is 1.86. The van der Waals surface area contributed by atoms with E-state index in [4.69, 9.17) is 23.2 Å². The number of rotatable bonds is 5. The van der Waals surface area contributed by atoms with Crippen molar-refractivity contribution >= 4 is 29.1 Å². The molecule has 0 aliphatic heterocycles. The summed E-state index contributed by atoms with van der Waals surface area (Å²) in [6, 6.07) is 7.42. The van der Waals surface area contributed by atoms with Gasteiger partial charge in [-0.25, -0.2) is 0 Å². The molecular weight excluding hydrogens is 281 g/mol. The second-order valence-corrected chi connectivity index (χ2v) is 6.58. The molecule has 0 aromatic heterocycles. The number of carbonyl (C=O) groups excluding carboxylic acids is 1. The maximum absolute atomic E-state index is 12.0. The SMILES string of the molecule is CC(C)(C)C(CCCl)NC(=O)Cc1ccc(Cl)cc1. The van der Waals surface area contributed by atoms with Crippen LogP contribution in [0.4, 0.5) is 0 Å². The van der Waals surface area contributed by atoms with E-state index in [2.05, 4.69) is 26.1 Å². The van der Waals surface area contributed by atoms with E-state index < -0.39 is 0 Å². The first-order valence-electron chi connectivity index (χ1n) is 6.42. The van der Waals surface area contributed by atoms with Crippen molar-refractivity contribution in [3.8, 4) is 0 Å². The standard InChI is InChI=1S/C15H21Cl2NO/c1-15(2,3)13(8-9-16)18-14(19)10-11-4-6-12(17)7-5-11/h4-7,13H,8-10H2,1-3H3,(H,18,19). The highest BCUT2D eigenvalue weighted by molar-refractivity contribution is 6.30. The third-order valence-electron chi connectivity index (χ3n) is 3.06. The largest absolute Gasteiger partial charge is 0.353 e. The molecule has 1 aromatic carbocycles. The Bertz CT molecular complexity index is 409. The van der Waals surface area contributed by atoms with Gasteiger partial charge in [-0.15, -0.1) is 11.6 Å². The molecule has 1 atom stereocenters. The van der Waals surface area contributed by atoms with E-state index in [1.165, 1.54) is 0 Å². The summed E-state index contributed by atoms with van der Waals surface area (Å²) in [5.41, 5.74) is 0.963. The minimum absolute atomic E-state index is 0.00451. The lowest BCUT2D eigenvalue weighted by Crippen LogP contribution is -2.44. The summed E-state index contributed by atoms with van der Waals surface area (Å²) >= 11 is 11.6. The van der Waals surface area contributed by atoms with Crippen LogP contribution in [0.5, 0.6) is 0 Å². The van der Waals surface area contributed by atoms with Gasteiger partial charge in [0, 0.05) is 16.9 Å². The Balaban J connectivity index is 2.60. The summed E-state index contributed by atoms with van der Waals surface area (Å²) in [4.78, 5) is 12.0. The van der Waals surface area contributed by atoms with Gasteiger partial charge in [0.05, 0.1) is 6.42 Å². The maximum atomic E-state index is 12.0. The number of benzene rings is 1. The Morgan fingerprint density at radius 2 is 1.84 bits per heavy atom. The van der Waals surface area contributed by atoms with Crippen LogP contribution in [-0.4, -0.2) is 17.8 Å². The van der Waals surface area contributed by atoms with Crippen LogP contribution >= 0.6 is 23.2 Å². The number of hydrogen-bond acceptors (Lipinski definition) is 1. The fourth-order valence-corrected chi connectivity index (χ4v) is 2.21. The van der Waals surface area contributed by atoms with Crippen molar-refractivity contribution in [2.24, 2.45) is 5.41 Å². The first-order valence-corrected chi connectivity index (χ1v) is 7.34. The molecule has 106 valence electrons. The molecule has 1 N–H and O–H groups in total. The topological polar surface area (TPSA) is 29.1 Å². The van der Waals surface area contributed by atoms with E-state index in [9.17, 15) is 4.79 Å². The molecule has 0 aliphatic rings. The van der Waals surface area contributed by atoms with E-state index in [0.29, 0.717) is 17.3 Å². The third kappa shape index (κ3) is 5.84. The summed E-state index contributed by atoms with van der Waals surface area (Å²) in [6.07, 6.45) is 1.14. The van der Waals surface area contributed by atoms with Crippen molar-refractivity contribution < 1.29 is 4.79 Å². The molecule has 0 heterocycles. The zero-order valence-corrected chi connectivity index (χ0v) is 13.2. The summed E-state index contributed by atoms with van der Waals surface area (Å²) in [5, 5.41) is 3.74. The Morgan fingerprint density at radius 3 is 2.32 bits per heavy atom. The molecule has 2 nitrogen and oxygen atoms in total. The molecule has 0 saturated carbocycles. The Hall–Kier alpha value is -0.730. The molecule has 1 rings (SSSR count). The molecule has 0 bridgehead atoms. The quantitative estimate of drug-likeness (QED) is 0.817. The van der Waals surface area contributed by atoms with E-state index in [1.807, 2.05) is 12.1 Å². The minimum atomic E-state index is 0.00451. The Morgan fingerprint density at radius 1 is 1.26 bits per heavy atom. The molecule has 0 spiro atoms. The molecule has 0 saturated heterocycles. The van der Waals surface area contributed by atoms with Crippen LogP contribution in [-0.2, 0) is 11.2 Å². The highest BCUT2D eigenvalue weighted by Gasteiger charge is 2.25. The van der Waals surface area contributed by atoms with Gasteiger partial charge in [-0.1, -0.05) is 44.5 Å².